The van der Waals surface area contributed by atoms with Gasteiger partial charge in [-0.05, 0) is 6.42 Å². The van der Waals surface area contributed by atoms with Crippen molar-refractivity contribution in [3.63, 3.8) is 0 Å². The van der Waals surface area contributed by atoms with Gasteiger partial charge >= 0.3 is 5.97 Å². The Morgan fingerprint density at radius 1 is 1.26 bits per heavy atom. The van der Waals surface area contributed by atoms with Crippen molar-refractivity contribution >= 4 is 11.9 Å². The number of carbonyl (C=O) groups excluding carboxylic acids is 1. The molecule has 4 nitrogen and oxygen atoms in total. The summed E-state index contributed by atoms with van der Waals surface area (Å²) in [5, 5.41) is 10.8. The minimum absolute atomic E-state index is 0.134. The number of carboxylic acids is 1. The summed E-state index contributed by atoms with van der Waals surface area (Å²) in [7, 11) is 0. The number of carbonyl (C=O) groups is 2. The summed E-state index contributed by atoms with van der Waals surface area (Å²) in [4.78, 5) is 22.2. The van der Waals surface area contributed by atoms with Gasteiger partial charge in [0.15, 0.2) is 0 Å². The fraction of sp³-hybridized carbons (Fsp3) is 0.333. The van der Waals surface area contributed by atoms with E-state index in [1.807, 2.05) is 0 Å². The number of amides is 1. The van der Waals surface area contributed by atoms with Gasteiger partial charge in [-0.25, -0.2) is 18.0 Å². The van der Waals surface area contributed by atoms with Gasteiger partial charge in [0.2, 0.25) is 5.91 Å². The normalized spacial score (nSPS) is 12.0. The molecule has 19 heavy (non-hydrogen) atoms. The Kier molecular flexibility index (Phi) is 4.91. The van der Waals surface area contributed by atoms with Gasteiger partial charge in [-0.1, -0.05) is 6.92 Å². The molecule has 1 rings (SSSR count). The number of benzene rings is 1. The van der Waals surface area contributed by atoms with E-state index in [2.05, 4.69) is 5.32 Å². The smallest absolute Gasteiger partial charge is 0.326 e. The van der Waals surface area contributed by atoms with Crippen molar-refractivity contribution < 1.29 is 27.9 Å². The van der Waals surface area contributed by atoms with Crippen molar-refractivity contribution in [2.75, 3.05) is 0 Å². The van der Waals surface area contributed by atoms with E-state index in [0.717, 1.165) is 0 Å². The predicted octanol–water partition coefficient (Wildman–Crippen LogP) is 1.63. The van der Waals surface area contributed by atoms with E-state index >= 15 is 0 Å². The van der Waals surface area contributed by atoms with Crippen LogP contribution in [0.4, 0.5) is 13.2 Å². The highest BCUT2D eigenvalue weighted by Crippen LogP contribution is 2.15. The van der Waals surface area contributed by atoms with Crippen LogP contribution < -0.4 is 5.32 Å². The average Bonchev–Trinajstić information content (AvgIpc) is 2.30. The summed E-state index contributed by atoms with van der Waals surface area (Å²) in [6.45, 7) is 1.54. The lowest BCUT2D eigenvalue weighted by atomic mass is 10.1. The minimum atomic E-state index is -1.24. The van der Waals surface area contributed by atoms with Gasteiger partial charge in [-0.2, -0.15) is 0 Å². The van der Waals surface area contributed by atoms with Crippen LogP contribution >= 0.6 is 0 Å². The van der Waals surface area contributed by atoms with Crippen molar-refractivity contribution in [2.45, 2.75) is 25.8 Å². The molecular weight excluding hydrogens is 263 g/mol. The lowest BCUT2D eigenvalue weighted by Crippen LogP contribution is -2.41. The number of nitrogens with one attached hydrogen (secondary N) is 1. The highest BCUT2D eigenvalue weighted by atomic mass is 19.1. The summed E-state index contributed by atoms with van der Waals surface area (Å²) in [5.41, 5.74) is -0.598. The zero-order chi connectivity index (χ0) is 14.6. The molecule has 0 spiro atoms. The third-order valence-corrected chi connectivity index (χ3v) is 2.48. The number of hydrogen-bond acceptors (Lipinski definition) is 2. The Labute approximate surface area is 107 Å². The molecule has 1 aromatic carbocycles. The summed E-state index contributed by atoms with van der Waals surface area (Å²) >= 11 is 0. The molecular formula is C12H12F3NO3. The first-order valence-corrected chi connectivity index (χ1v) is 5.50. The van der Waals surface area contributed by atoms with Gasteiger partial charge in [-0.15, -0.1) is 0 Å². The van der Waals surface area contributed by atoms with Gasteiger partial charge < -0.3 is 10.4 Å². The topological polar surface area (TPSA) is 66.4 Å². The molecule has 2 N–H and O–H groups in total. The van der Waals surface area contributed by atoms with Crippen LogP contribution in [0.15, 0.2) is 12.1 Å². The lowest BCUT2D eigenvalue weighted by molar-refractivity contribution is -0.141. The Bertz CT molecular complexity index is 482. The van der Waals surface area contributed by atoms with E-state index in [1.54, 1.807) is 0 Å². The molecule has 0 saturated carbocycles. The van der Waals surface area contributed by atoms with Crippen molar-refractivity contribution in [2.24, 2.45) is 0 Å². The van der Waals surface area contributed by atoms with E-state index in [0.29, 0.717) is 12.1 Å². The standard InChI is InChI=1S/C12H12F3NO3/c1-2-10(12(18)19)16-11(17)5-7-8(14)3-6(13)4-9(7)15/h3-4,10H,2,5H2,1H3,(H,16,17)(H,18,19). The van der Waals surface area contributed by atoms with Crippen molar-refractivity contribution in [1.82, 2.24) is 5.32 Å². The maximum Gasteiger partial charge on any atom is 0.326 e. The number of rotatable bonds is 5. The second-order valence-electron chi connectivity index (χ2n) is 3.89. The fourth-order valence-electron chi connectivity index (χ4n) is 1.49. The maximum absolute atomic E-state index is 13.3. The van der Waals surface area contributed by atoms with Crippen molar-refractivity contribution in [1.29, 1.82) is 0 Å². The highest BCUT2D eigenvalue weighted by Gasteiger charge is 2.20. The molecule has 0 bridgehead atoms. The molecule has 0 aromatic heterocycles. The molecule has 0 radical (unpaired) electrons. The first-order valence-electron chi connectivity index (χ1n) is 5.50. The van der Waals surface area contributed by atoms with Crippen LogP contribution in [0.1, 0.15) is 18.9 Å². The van der Waals surface area contributed by atoms with Crippen LogP contribution in [0.3, 0.4) is 0 Å². The number of carboxylic acid groups (broad SMARTS) is 1. The summed E-state index contributed by atoms with van der Waals surface area (Å²) in [5.74, 6) is -5.54. The van der Waals surface area contributed by atoms with Gasteiger partial charge in [0.1, 0.15) is 23.5 Å². The Hall–Kier alpha value is -2.05. The third-order valence-electron chi connectivity index (χ3n) is 2.48. The molecule has 0 aliphatic heterocycles. The molecule has 0 saturated heterocycles. The van der Waals surface area contributed by atoms with E-state index in [-0.39, 0.29) is 6.42 Å². The minimum Gasteiger partial charge on any atom is -0.480 e. The van der Waals surface area contributed by atoms with Gasteiger partial charge in [0.25, 0.3) is 0 Å². The number of aliphatic carboxylic acids is 1. The quantitative estimate of drug-likeness (QED) is 0.858. The van der Waals surface area contributed by atoms with E-state index < -0.39 is 47.4 Å². The van der Waals surface area contributed by atoms with Crippen LogP contribution in [0.2, 0.25) is 0 Å². The molecule has 1 aromatic rings. The van der Waals surface area contributed by atoms with E-state index in [9.17, 15) is 22.8 Å². The van der Waals surface area contributed by atoms with Crippen LogP contribution in [0, 0.1) is 17.5 Å². The van der Waals surface area contributed by atoms with E-state index in [1.165, 1.54) is 6.92 Å². The SMILES string of the molecule is CCC(NC(=O)Cc1c(F)cc(F)cc1F)C(=O)O. The monoisotopic (exact) mass is 275 g/mol. The first kappa shape index (κ1) is 15.0. The molecule has 1 atom stereocenters. The second kappa shape index (κ2) is 6.21. The molecule has 0 heterocycles. The molecule has 0 aliphatic rings. The lowest BCUT2D eigenvalue weighted by Gasteiger charge is -2.12. The average molecular weight is 275 g/mol. The molecule has 1 amide bonds. The predicted molar refractivity (Wildman–Crippen MR) is 59.9 cm³/mol. The second-order valence-corrected chi connectivity index (χ2v) is 3.89. The molecule has 7 heteroatoms. The van der Waals surface area contributed by atoms with Crippen LogP contribution in [-0.2, 0) is 16.0 Å². The summed E-state index contributed by atoms with van der Waals surface area (Å²) in [6, 6.07) is -0.209. The molecule has 1 unspecified atom stereocenters. The van der Waals surface area contributed by atoms with Crippen LogP contribution in [-0.4, -0.2) is 23.0 Å². The largest absolute Gasteiger partial charge is 0.480 e. The zero-order valence-corrected chi connectivity index (χ0v) is 10.0. The molecule has 0 fully saturated rings. The van der Waals surface area contributed by atoms with Gasteiger partial charge in [-0.3, -0.25) is 4.79 Å². The molecule has 104 valence electrons. The van der Waals surface area contributed by atoms with E-state index in [4.69, 9.17) is 5.11 Å². The Morgan fingerprint density at radius 2 is 1.79 bits per heavy atom. The first-order chi connectivity index (χ1) is 8.85. The zero-order valence-electron chi connectivity index (χ0n) is 10.0. The Morgan fingerprint density at radius 3 is 2.21 bits per heavy atom. The van der Waals surface area contributed by atoms with Gasteiger partial charge in [0, 0.05) is 17.7 Å². The Balaban J connectivity index is 2.80. The van der Waals surface area contributed by atoms with Crippen LogP contribution in [0.25, 0.3) is 0 Å². The van der Waals surface area contributed by atoms with Crippen molar-refractivity contribution in [3.8, 4) is 0 Å². The number of halogens is 3. The van der Waals surface area contributed by atoms with Gasteiger partial charge in [0.05, 0.1) is 6.42 Å². The molecule has 0 aliphatic carbocycles. The van der Waals surface area contributed by atoms with Crippen LogP contribution in [0.5, 0.6) is 0 Å². The highest BCUT2D eigenvalue weighted by molar-refractivity contribution is 5.84. The maximum atomic E-state index is 13.3. The number of hydrogen-bond donors (Lipinski definition) is 2. The van der Waals surface area contributed by atoms with Crippen molar-refractivity contribution in [3.05, 3.63) is 35.1 Å². The fourth-order valence-corrected chi connectivity index (χ4v) is 1.49. The summed E-state index contributed by atoms with van der Waals surface area (Å²) in [6.07, 6.45) is -0.558. The third kappa shape index (κ3) is 3.97. The summed E-state index contributed by atoms with van der Waals surface area (Å²) < 4.78 is 39.2.